The van der Waals surface area contributed by atoms with Crippen LogP contribution in [0.5, 0.6) is 0 Å². The molecule has 1 aliphatic rings. The lowest BCUT2D eigenvalue weighted by Gasteiger charge is -2.05. The fraction of sp³-hybridized carbons (Fsp3) is 0.154. The number of nitrogens with zero attached hydrogens (tertiary/aromatic N) is 2. The predicted molar refractivity (Wildman–Crippen MR) is 75.9 cm³/mol. The van der Waals surface area contributed by atoms with Gasteiger partial charge in [0.05, 0.1) is 12.1 Å². The Labute approximate surface area is 114 Å². The molecule has 1 aliphatic heterocycles. The maximum atomic E-state index is 11.8. The minimum absolute atomic E-state index is 0.190. The van der Waals surface area contributed by atoms with Gasteiger partial charge in [0.1, 0.15) is 11.5 Å². The van der Waals surface area contributed by atoms with E-state index in [1.54, 1.807) is 10.9 Å². The zero-order valence-electron chi connectivity index (χ0n) is 10.1. The zero-order valence-corrected chi connectivity index (χ0v) is 10.9. The van der Waals surface area contributed by atoms with Gasteiger partial charge in [-0.15, -0.1) is 11.3 Å². The monoisotopic (exact) mass is 272 g/mol. The molecule has 0 unspecified atom stereocenters. The van der Waals surface area contributed by atoms with Crippen molar-refractivity contribution >= 4 is 28.8 Å². The van der Waals surface area contributed by atoms with Crippen molar-refractivity contribution in [1.82, 2.24) is 10.3 Å². The van der Waals surface area contributed by atoms with Crippen molar-refractivity contribution in [3.8, 4) is 0 Å². The van der Waals surface area contributed by atoms with E-state index in [0.717, 1.165) is 30.2 Å². The van der Waals surface area contributed by atoms with E-state index in [2.05, 4.69) is 20.6 Å². The summed E-state index contributed by atoms with van der Waals surface area (Å²) in [4.78, 5) is 20.1. The normalized spacial score (nSPS) is 13.8. The van der Waals surface area contributed by atoms with Crippen LogP contribution in [0.1, 0.15) is 16.1 Å². The zero-order chi connectivity index (χ0) is 13.1. The van der Waals surface area contributed by atoms with E-state index in [0.29, 0.717) is 5.69 Å². The number of thiazole rings is 1. The quantitative estimate of drug-likeness (QED) is 0.894. The molecule has 2 N–H and O–H groups in total. The third kappa shape index (κ3) is 2.63. The number of carbonyl (C=O) groups excluding carboxylic acids is 1. The van der Waals surface area contributed by atoms with Gasteiger partial charge in [0, 0.05) is 23.2 Å². The number of amides is 1. The summed E-state index contributed by atoms with van der Waals surface area (Å²) in [7, 11) is 0. The van der Waals surface area contributed by atoms with Crippen molar-refractivity contribution in [2.45, 2.75) is 0 Å². The molecule has 1 aromatic heterocycles. The van der Waals surface area contributed by atoms with Crippen LogP contribution in [-0.4, -0.2) is 29.8 Å². The first-order valence-electron chi connectivity index (χ1n) is 5.91. The molecule has 5 nitrogen and oxygen atoms in total. The summed E-state index contributed by atoms with van der Waals surface area (Å²) in [5.41, 5.74) is 3.86. The number of anilines is 1. The molecular weight excluding hydrogens is 260 g/mol. The average molecular weight is 272 g/mol. The Kier molecular flexibility index (Phi) is 3.24. The van der Waals surface area contributed by atoms with Gasteiger partial charge in [-0.05, 0) is 24.3 Å². The Bertz CT molecular complexity index is 604. The molecule has 19 heavy (non-hydrogen) atoms. The van der Waals surface area contributed by atoms with Crippen molar-refractivity contribution in [1.29, 1.82) is 0 Å². The number of aromatic nitrogens is 1. The van der Waals surface area contributed by atoms with E-state index in [4.69, 9.17) is 0 Å². The molecule has 0 saturated carbocycles. The third-order valence-corrected chi connectivity index (χ3v) is 3.34. The predicted octanol–water partition coefficient (Wildman–Crippen LogP) is 1.75. The second-order valence-electron chi connectivity index (χ2n) is 4.06. The third-order valence-electron chi connectivity index (χ3n) is 2.76. The van der Waals surface area contributed by atoms with Crippen LogP contribution in [-0.2, 0) is 0 Å². The summed E-state index contributed by atoms with van der Waals surface area (Å²) in [5, 5.41) is 7.74. The van der Waals surface area contributed by atoms with Gasteiger partial charge in [-0.3, -0.25) is 9.79 Å². The van der Waals surface area contributed by atoms with E-state index < -0.39 is 0 Å². The number of carbonyl (C=O) groups is 1. The number of hydrogen-bond donors (Lipinski definition) is 2. The van der Waals surface area contributed by atoms with Gasteiger partial charge in [-0.1, -0.05) is 0 Å². The van der Waals surface area contributed by atoms with Gasteiger partial charge in [-0.25, -0.2) is 4.98 Å². The molecule has 0 bridgehead atoms. The van der Waals surface area contributed by atoms with Gasteiger partial charge < -0.3 is 10.6 Å². The van der Waals surface area contributed by atoms with E-state index in [1.807, 2.05) is 24.3 Å². The minimum Gasteiger partial charge on any atom is -0.368 e. The fourth-order valence-electron chi connectivity index (χ4n) is 1.82. The van der Waals surface area contributed by atoms with Gasteiger partial charge in [0.25, 0.3) is 5.91 Å². The molecule has 2 aromatic rings. The molecule has 1 aromatic carbocycles. The Morgan fingerprint density at radius 3 is 2.79 bits per heavy atom. The smallest absolute Gasteiger partial charge is 0.275 e. The molecule has 0 fully saturated rings. The lowest BCUT2D eigenvalue weighted by atomic mass is 10.2. The van der Waals surface area contributed by atoms with Crippen LogP contribution in [0, 0.1) is 0 Å². The van der Waals surface area contributed by atoms with E-state index in [9.17, 15) is 4.79 Å². The summed E-state index contributed by atoms with van der Waals surface area (Å²) >= 11 is 1.40. The van der Waals surface area contributed by atoms with Crippen LogP contribution in [0.2, 0.25) is 0 Å². The van der Waals surface area contributed by atoms with E-state index in [-0.39, 0.29) is 5.91 Å². The highest BCUT2D eigenvalue weighted by Crippen LogP contribution is 2.12. The van der Waals surface area contributed by atoms with Crippen LogP contribution in [0.3, 0.4) is 0 Å². The number of benzene rings is 1. The molecule has 6 heteroatoms. The molecular formula is C13H12N4OS. The molecule has 0 spiro atoms. The second kappa shape index (κ2) is 5.19. The van der Waals surface area contributed by atoms with Gasteiger partial charge in [0.15, 0.2) is 0 Å². The highest BCUT2D eigenvalue weighted by molar-refractivity contribution is 7.07. The highest BCUT2D eigenvalue weighted by Gasteiger charge is 2.10. The van der Waals surface area contributed by atoms with Crippen molar-refractivity contribution < 1.29 is 4.79 Å². The van der Waals surface area contributed by atoms with Crippen molar-refractivity contribution in [2.24, 2.45) is 4.99 Å². The second-order valence-corrected chi connectivity index (χ2v) is 4.78. The molecule has 0 radical (unpaired) electrons. The molecule has 3 rings (SSSR count). The number of hydrogen-bond acceptors (Lipinski definition) is 5. The minimum atomic E-state index is -0.190. The summed E-state index contributed by atoms with van der Waals surface area (Å²) in [6.07, 6.45) is 0. The maximum absolute atomic E-state index is 11.8. The summed E-state index contributed by atoms with van der Waals surface area (Å²) in [6, 6.07) is 7.60. The lowest BCUT2D eigenvalue weighted by molar-refractivity contribution is 0.102. The van der Waals surface area contributed by atoms with Gasteiger partial charge in [-0.2, -0.15) is 0 Å². The fourth-order valence-corrected chi connectivity index (χ4v) is 2.35. The Morgan fingerprint density at radius 2 is 2.16 bits per heavy atom. The number of nitrogens with one attached hydrogen (secondary N) is 2. The first-order chi connectivity index (χ1) is 9.33. The largest absolute Gasteiger partial charge is 0.368 e. The summed E-state index contributed by atoms with van der Waals surface area (Å²) < 4.78 is 0. The molecule has 0 atom stereocenters. The average Bonchev–Trinajstić information content (AvgIpc) is 3.13. The van der Waals surface area contributed by atoms with Crippen LogP contribution < -0.4 is 10.6 Å². The molecule has 2 heterocycles. The molecule has 0 aliphatic carbocycles. The van der Waals surface area contributed by atoms with Crippen molar-refractivity contribution in [3.63, 3.8) is 0 Å². The molecule has 1 amide bonds. The van der Waals surface area contributed by atoms with Crippen molar-refractivity contribution in [3.05, 3.63) is 46.4 Å². The summed E-state index contributed by atoms with van der Waals surface area (Å²) in [5.74, 6) is 0.725. The standard InChI is InChI=1S/C13H12N4OS/c18-13(11-7-19-8-16-11)17-10-3-1-9(2-4-10)12-14-5-6-15-12/h1-4,7-8H,5-6H2,(H,14,15)(H,17,18). The number of rotatable bonds is 3. The topological polar surface area (TPSA) is 66.4 Å². The Hall–Kier alpha value is -2.21. The van der Waals surface area contributed by atoms with Gasteiger partial charge in [0.2, 0.25) is 0 Å². The van der Waals surface area contributed by atoms with Gasteiger partial charge >= 0.3 is 0 Å². The van der Waals surface area contributed by atoms with E-state index >= 15 is 0 Å². The highest BCUT2D eigenvalue weighted by atomic mass is 32.1. The lowest BCUT2D eigenvalue weighted by Crippen LogP contribution is -2.19. The first kappa shape index (κ1) is 11.9. The van der Waals surface area contributed by atoms with E-state index in [1.165, 1.54) is 11.3 Å². The van der Waals surface area contributed by atoms with Crippen LogP contribution in [0.15, 0.2) is 40.1 Å². The van der Waals surface area contributed by atoms with Crippen LogP contribution in [0.25, 0.3) is 0 Å². The molecule has 96 valence electrons. The Morgan fingerprint density at radius 1 is 1.32 bits per heavy atom. The number of aliphatic imine (C=N–C) groups is 1. The SMILES string of the molecule is O=C(Nc1ccc(C2=NCCN2)cc1)c1cscn1. The maximum Gasteiger partial charge on any atom is 0.275 e. The summed E-state index contributed by atoms with van der Waals surface area (Å²) in [6.45, 7) is 1.70. The first-order valence-corrected chi connectivity index (χ1v) is 6.85. The van der Waals surface area contributed by atoms with Crippen LogP contribution >= 0.6 is 11.3 Å². The van der Waals surface area contributed by atoms with Crippen LogP contribution in [0.4, 0.5) is 5.69 Å². The number of amidine groups is 1. The van der Waals surface area contributed by atoms with Crippen molar-refractivity contribution in [2.75, 3.05) is 18.4 Å². The Balaban J connectivity index is 1.71. The molecule has 0 saturated heterocycles.